The van der Waals surface area contributed by atoms with E-state index in [1.54, 1.807) is 11.3 Å². The Bertz CT molecular complexity index is 2730. The third-order valence-corrected chi connectivity index (χ3v) is 13.0. The predicted octanol–water partition coefficient (Wildman–Crippen LogP) is 13.6. The second kappa shape index (κ2) is 13.1. The van der Waals surface area contributed by atoms with Gasteiger partial charge >= 0.3 is 21.1 Å². The van der Waals surface area contributed by atoms with Gasteiger partial charge in [-0.05, 0) is 69.1 Å². The topological polar surface area (TPSA) is 35.0 Å². The number of benzene rings is 4. The van der Waals surface area contributed by atoms with Crippen LogP contribution in [0.5, 0.6) is 11.8 Å². The normalized spacial score (nSPS) is 11.9. The summed E-state index contributed by atoms with van der Waals surface area (Å²) in [5, 5.41) is 5.11. The molecule has 5 heterocycles. The van der Waals surface area contributed by atoms with Crippen LogP contribution in [0.25, 0.3) is 72.6 Å². The van der Waals surface area contributed by atoms with Crippen molar-refractivity contribution in [3.8, 4) is 44.7 Å². The third-order valence-electron chi connectivity index (χ3n) is 9.23. The molecular weight excluding hydrogens is 864 g/mol. The average Bonchev–Trinajstić information content (AvgIpc) is 3.77. The number of nitrogens with zero attached hydrogens (tertiary/aromatic N) is 2. The zero-order chi connectivity index (χ0) is 34.1. The maximum atomic E-state index is 6.52. The van der Waals surface area contributed by atoms with Crippen LogP contribution in [0.4, 0.5) is 0 Å². The summed E-state index contributed by atoms with van der Waals surface area (Å²) in [6, 6.07) is 42.8. The largest absolute Gasteiger partial charge is 2.00 e. The molecule has 0 N–H and O–H groups in total. The molecule has 5 aromatic heterocycles. The first-order chi connectivity index (χ1) is 24.2. The van der Waals surface area contributed by atoms with Crippen LogP contribution in [-0.2, 0) is 26.5 Å². The van der Waals surface area contributed by atoms with E-state index >= 15 is 0 Å². The first kappa shape index (κ1) is 33.9. The van der Waals surface area contributed by atoms with Crippen LogP contribution in [0.1, 0.15) is 37.5 Å². The molecule has 4 aromatic carbocycles. The SMILES string of the molecule is Cc1ccc(-c2sc3c(-c4[c-]c5sc6sc7ccccc7c6c5c(C(C)(C)C)c4)nc(Oc4cccc(-c5[c-]cccc5)n4)cc3c2C)cc1.[Pt+2]. The minimum absolute atomic E-state index is 0. The van der Waals surface area contributed by atoms with Crippen molar-refractivity contribution in [2.75, 3.05) is 0 Å². The average molecular weight is 896 g/mol. The summed E-state index contributed by atoms with van der Waals surface area (Å²) in [4.78, 5) is 11.3. The summed E-state index contributed by atoms with van der Waals surface area (Å²) in [5.74, 6) is 0.999. The van der Waals surface area contributed by atoms with Crippen molar-refractivity contribution in [3.05, 3.63) is 132 Å². The zero-order valence-electron chi connectivity index (χ0n) is 28.7. The molecule has 252 valence electrons. The summed E-state index contributed by atoms with van der Waals surface area (Å²) in [7, 11) is 0. The fourth-order valence-corrected chi connectivity index (χ4v) is 10.6. The zero-order valence-corrected chi connectivity index (χ0v) is 33.4. The van der Waals surface area contributed by atoms with Gasteiger partial charge in [-0.1, -0.05) is 86.3 Å². The molecule has 9 aromatic rings. The van der Waals surface area contributed by atoms with Gasteiger partial charge in [0.05, 0.1) is 4.01 Å². The first-order valence-corrected chi connectivity index (χ1v) is 19.1. The van der Waals surface area contributed by atoms with E-state index in [-0.39, 0.29) is 26.5 Å². The van der Waals surface area contributed by atoms with Gasteiger partial charge in [0.2, 0.25) is 11.8 Å². The number of aryl methyl sites for hydroxylation is 2. The van der Waals surface area contributed by atoms with E-state index < -0.39 is 0 Å². The van der Waals surface area contributed by atoms with Crippen molar-refractivity contribution in [2.24, 2.45) is 0 Å². The Morgan fingerprint density at radius 1 is 0.706 bits per heavy atom. The van der Waals surface area contributed by atoms with Gasteiger partial charge in [0, 0.05) is 26.0 Å². The molecule has 0 bridgehead atoms. The molecule has 0 saturated heterocycles. The molecule has 0 radical (unpaired) electrons. The van der Waals surface area contributed by atoms with Crippen LogP contribution in [0.2, 0.25) is 0 Å². The molecule has 51 heavy (non-hydrogen) atoms. The first-order valence-electron chi connectivity index (χ1n) is 16.7. The molecule has 0 aliphatic rings. The number of rotatable bonds is 5. The molecule has 0 fully saturated rings. The Hall–Kier alpha value is -4.19. The fraction of sp³-hybridized carbons (Fsp3) is 0.136. The Morgan fingerprint density at radius 3 is 2.29 bits per heavy atom. The Labute approximate surface area is 323 Å². The van der Waals surface area contributed by atoms with Gasteiger partial charge in [-0.2, -0.15) is 0 Å². The number of fused-ring (bicyclic) bond motifs is 6. The van der Waals surface area contributed by atoms with Gasteiger partial charge in [-0.25, -0.2) is 0 Å². The van der Waals surface area contributed by atoms with E-state index in [0.717, 1.165) is 32.6 Å². The van der Waals surface area contributed by atoms with Crippen molar-refractivity contribution in [1.82, 2.24) is 9.97 Å². The van der Waals surface area contributed by atoms with Crippen LogP contribution >= 0.6 is 34.0 Å². The van der Waals surface area contributed by atoms with Crippen molar-refractivity contribution >= 4 is 73.7 Å². The second-order valence-electron chi connectivity index (χ2n) is 13.8. The van der Waals surface area contributed by atoms with E-state index in [9.17, 15) is 0 Å². The number of thiophene rings is 3. The Morgan fingerprint density at radius 2 is 1.51 bits per heavy atom. The molecule has 0 amide bonds. The summed E-state index contributed by atoms with van der Waals surface area (Å²) in [5.41, 5.74) is 8.44. The third kappa shape index (κ3) is 6.02. The van der Waals surface area contributed by atoms with Crippen LogP contribution in [0.15, 0.2) is 103 Å². The van der Waals surface area contributed by atoms with Crippen LogP contribution in [-0.4, -0.2) is 9.97 Å². The standard InChI is InChI=1S/C44H32N2OS3.Pt/c1-25-18-20-28(21-19-25)41-26(2)31-24-37(47-36-17-11-15-33(45-36)27-12-7-6-8-13-27)46-40(42(31)50-41)29-22-32(44(3,4)5)39-35(23-29)49-43-38(39)30-14-9-10-16-34(30)48-43;/h6-12,14-22,24H,1-5H3;/q-2;+2. The molecule has 3 nitrogen and oxygen atoms in total. The summed E-state index contributed by atoms with van der Waals surface area (Å²) < 4.78 is 11.5. The monoisotopic (exact) mass is 895 g/mol. The van der Waals surface area contributed by atoms with Gasteiger partial charge in [0.15, 0.2) is 0 Å². The van der Waals surface area contributed by atoms with E-state index in [2.05, 4.69) is 107 Å². The van der Waals surface area contributed by atoms with Crippen molar-refractivity contribution in [3.63, 3.8) is 0 Å². The van der Waals surface area contributed by atoms with Gasteiger partial charge in [0.25, 0.3) is 0 Å². The van der Waals surface area contributed by atoms with Crippen LogP contribution in [0, 0.1) is 26.0 Å². The molecule has 7 heteroatoms. The molecule has 0 aliphatic heterocycles. The van der Waals surface area contributed by atoms with E-state index in [0.29, 0.717) is 11.8 Å². The van der Waals surface area contributed by atoms with E-state index in [1.165, 1.54) is 56.7 Å². The number of pyridine rings is 2. The smallest absolute Gasteiger partial charge is 0.422 e. The number of hydrogen-bond donors (Lipinski definition) is 0. The maximum Gasteiger partial charge on any atom is 2.00 e. The molecular formula is C44H32N2OPtS3. The molecule has 0 unspecified atom stereocenters. The molecule has 0 aliphatic carbocycles. The van der Waals surface area contributed by atoms with Gasteiger partial charge in [-0.15, -0.1) is 93.2 Å². The van der Waals surface area contributed by atoms with Gasteiger partial charge < -0.3 is 4.74 Å². The van der Waals surface area contributed by atoms with Gasteiger partial charge in [0.1, 0.15) is 0 Å². The molecule has 0 atom stereocenters. The molecule has 0 spiro atoms. The molecule has 9 rings (SSSR count). The van der Waals surface area contributed by atoms with Crippen molar-refractivity contribution in [1.29, 1.82) is 0 Å². The van der Waals surface area contributed by atoms with Crippen molar-refractivity contribution in [2.45, 2.75) is 40.0 Å². The Balaban J connectivity index is 0.00000374. The summed E-state index contributed by atoms with van der Waals surface area (Å²) in [6.45, 7) is 11.2. The predicted molar refractivity (Wildman–Crippen MR) is 214 cm³/mol. The van der Waals surface area contributed by atoms with Crippen LogP contribution < -0.4 is 4.74 Å². The van der Waals surface area contributed by atoms with Gasteiger partial charge in [-0.3, -0.25) is 9.97 Å². The minimum atomic E-state index is -0.108. The fourth-order valence-electron chi connectivity index (χ4n) is 6.72. The van der Waals surface area contributed by atoms with E-state index in [4.69, 9.17) is 14.7 Å². The summed E-state index contributed by atoms with van der Waals surface area (Å²) in [6.07, 6.45) is 0. The number of aromatic nitrogens is 2. The number of ether oxygens (including phenoxy) is 1. The summed E-state index contributed by atoms with van der Waals surface area (Å²) >= 11 is 5.51. The second-order valence-corrected chi connectivity index (χ2v) is 17.1. The quantitative estimate of drug-likeness (QED) is 0.161. The number of hydrogen-bond acceptors (Lipinski definition) is 6. The van der Waals surface area contributed by atoms with Crippen molar-refractivity contribution < 1.29 is 25.8 Å². The minimum Gasteiger partial charge on any atom is -0.422 e. The maximum absolute atomic E-state index is 6.52. The Kier molecular flexibility index (Phi) is 8.71. The van der Waals surface area contributed by atoms with Crippen LogP contribution in [0.3, 0.4) is 0 Å². The molecule has 0 saturated carbocycles. The van der Waals surface area contributed by atoms with E-state index in [1.807, 2.05) is 65.1 Å².